The smallest absolute Gasteiger partial charge is 0.335 e. The summed E-state index contributed by atoms with van der Waals surface area (Å²) in [5.41, 5.74) is 1.42. The molecule has 0 aliphatic rings. The molecule has 1 amide bonds. The zero-order valence-electron chi connectivity index (χ0n) is 9.64. The lowest BCUT2D eigenvalue weighted by Gasteiger charge is -2.07. The topological polar surface area (TPSA) is 79.5 Å². The van der Waals surface area contributed by atoms with Crippen molar-refractivity contribution in [1.82, 2.24) is 0 Å². The first kappa shape index (κ1) is 11.9. The molecule has 5 nitrogen and oxygen atoms in total. The number of anilines is 1. The van der Waals surface area contributed by atoms with Crippen molar-refractivity contribution in [2.45, 2.75) is 6.92 Å². The third-order valence-electron chi connectivity index (χ3n) is 2.47. The average molecular weight is 245 g/mol. The van der Waals surface area contributed by atoms with Gasteiger partial charge in [-0.2, -0.15) is 0 Å². The number of amides is 1. The van der Waals surface area contributed by atoms with Crippen LogP contribution in [0, 0.1) is 6.92 Å². The van der Waals surface area contributed by atoms with E-state index in [1.54, 1.807) is 25.1 Å². The molecule has 0 aliphatic heterocycles. The SMILES string of the molecule is Cc1cc(C(=O)O)ccc1NC(=O)c1ccco1. The third kappa shape index (κ3) is 2.40. The van der Waals surface area contributed by atoms with Gasteiger partial charge >= 0.3 is 5.97 Å². The highest BCUT2D eigenvalue weighted by Gasteiger charge is 2.11. The Bertz CT molecular complexity index is 587. The molecular formula is C13H11NO4. The second-order valence-corrected chi connectivity index (χ2v) is 3.77. The van der Waals surface area contributed by atoms with Crippen LogP contribution in [0.25, 0.3) is 0 Å². The number of benzene rings is 1. The molecule has 0 atom stereocenters. The van der Waals surface area contributed by atoms with Crippen molar-refractivity contribution in [3.8, 4) is 0 Å². The summed E-state index contributed by atoms with van der Waals surface area (Å²) >= 11 is 0. The molecular weight excluding hydrogens is 234 g/mol. The highest BCUT2D eigenvalue weighted by Crippen LogP contribution is 2.17. The Hall–Kier alpha value is -2.56. The largest absolute Gasteiger partial charge is 0.478 e. The van der Waals surface area contributed by atoms with Crippen molar-refractivity contribution in [2.24, 2.45) is 0 Å². The summed E-state index contributed by atoms with van der Waals surface area (Å²) in [6.45, 7) is 1.73. The molecule has 5 heteroatoms. The Morgan fingerprint density at radius 1 is 1.28 bits per heavy atom. The molecule has 92 valence electrons. The molecule has 0 spiro atoms. The first-order valence-corrected chi connectivity index (χ1v) is 5.27. The zero-order valence-corrected chi connectivity index (χ0v) is 9.64. The monoisotopic (exact) mass is 245 g/mol. The molecule has 0 aliphatic carbocycles. The summed E-state index contributed by atoms with van der Waals surface area (Å²) < 4.78 is 4.96. The predicted octanol–water partition coefficient (Wildman–Crippen LogP) is 2.54. The summed E-state index contributed by atoms with van der Waals surface area (Å²) in [5, 5.41) is 11.5. The highest BCUT2D eigenvalue weighted by molar-refractivity contribution is 6.03. The molecule has 2 N–H and O–H groups in total. The van der Waals surface area contributed by atoms with Gasteiger partial charge in [-0.15, -0.1) is 0 Å². The first-order chi connectivity index (χ1) is 8.58. The number of carboxylic acids is 1. The van der Waals surface area contributed by atoms with Crippen LogP contribution in [0.4, 0.5) is 5.69 Å². The van der Waals surface area contributed by atoms with E-state index in [2.05, 4.69) is 5.32 Å². The molecule has 0 saturated carbocycles. The predicted molar refractivity (Wildman–Crippen MR) is 64.8 cm³/mol. The summed E-state index contributed by atoms with van der Waals surface area (Å²) in [7, 11) is 0. The first-order valence-electron chi connectivity index (χ1n) is 5.27. The number of carbonyl (C=O) groups is 2. The van der Waals surface area contributed by atoms with Crippen LogP contribution in [-0.2, 0) is 0 Å². The van der Waals surface area contributed by atoms with Crippen LogP contribution in [0.2, 0.25) is 0 Å². The van der Waals surface area contributed by atoms with Crippen molar-refractivity contribution in [2.75, 3.05) is 5.32 Å². The molecule has 0 bridgehead atoms. The number of carbonyl (C=O) groups excluding carboxylic acids is 1. The Balaban J connectivity index is 2.20. The lowest BCUT2D eigenvalue weighted by atomic mass is 10.1. The van der Waals surface area contributed by atoms with Crippen LogP contribution in [0.15, 0.2) is 41.0 Å². The molecule has 1 aromatic heterocycles. The fraction of sp³-hybridized carbons (Fsp3) is 0.0769. The summed E-state index contributed by atoms with van der Waals surface area (Å²) in [6, 6.07) is 7.67. The molecule has 0 unspecified atom stereocenters. The van der Waals surface area contributed by atoms with E-state index in [9.17, 15) is 9.59 Å². The van der Waals surface area contributed by atoms with Crippen molar-refractivity contribution in [3.63, 3.8) is 0 Å². The number of hydrogen-bond acceptors (Lipinski definition) is 3. The van der Waals surface area contributed by atoms with Crippen LogP contribution in [0.1, 0.15) is 26.5 Å². The quantitative estimate of drug-likeness (QED) is 0.870. The van der Waals surface area contributed by atoms with Crippen LogP contribution < -0.4 is 5.32 Å². The summed E-state index contributed by atoms with van der Waals surface area (Å²) in [4.78, 5) is 22.5. The van der Waals surface area contributed by atoms with E-state index in [0.717, 1.165) is 0 Å². The fourth-order valence-corrected chi connectivity index (χ4v) is 1.53. The summed E-state index contributed by atoms with van der Waals surface area (Å²) in [5.74, 6) is -1.16. The van der Waals surface area contributed by atoms with Crippen molar-refractivity contribution >= 4 is 17.6 Å². The van der Waals surface area contributed by atoms with Gasteiger partial charge in [0.05, 0.1) is 11.8 Å². The second-order valence-electron chi connectivity index (χ2n) is 3.77. The van der Waals surface area contributed by atoms with E-state index in [1.807, 2.05) is 0 Å². The molecule has 0 fully saturated rings. The number of hydrogen-bond donors (Lipinski definition) is 2. The molecule has 0 radical (unpaired) electrons. The minimum absolute atomic E-state index is 0.184. The number of carboxylic acid groups (broad SMARTS) is 1. The van der Waals surface area contributed by atoms with Gasteiger partial charge in [0, 0.05) is 5.69 Å². The molecule has 2 rings (SSSR count). The van der Waals surface area contributed by atoms with Crippen LogP contribution in [-0.4, -0.2) is 17.0 Å². The Labute approximate surface area is 103 Å². The standard InChI is InChI=1S/C13H11NO4/c1-8-7-9(13(16)17)4-5-10(8)14-12(15)11-3-2-6-18-11/h2-7H,1H3,(H,14,15)(H,16,17). The van der Waals surface area contributed by atoms with Crippen LogP contribution >= 0.6 is 0 Å². The van der Waals surface area contributed by atoms with Gasteiger partial charge in [0.2, 0.25) is 0 Å². The molecule has 1 heterocycles. The number of aryl methyl sites for hydroxylation is 1. The molecule has 1 aromatic carbocycles. The Kier molecular flexibility index (Phi) is 3.14. The van der Waals surface area contributed by atoms with Crippen molar-refractivity contribution in [3.05, 3.63) is 53.5 Å². The normalized spacial score (nSPS) is 10.1. The molecule has 18 heavy (non-hydrogen) atoms. The van der Waals surface area contributed by atoms with Gasteiger partial charge in [-0.25, -0.2) is 4.79 Å². The minimum Gasteiger partial charge on any atom is -0.478 e. The zero-order chi connectivity index (χ0) is 13.1. The van der Waals surface area contributed by atoms with E-state index in [1.165, 1.54) is 18.4 Å². The fourth-order valence-electron chi connectivity index (χ4n) is 1.53. The Morgan fingerprint density at radius 3 is 2.61 bits per heavy atom. The number of rotatable bonds is 3. The van der Waals surface area contributed by atoms with Gasteiger partial charge in [0.1, 0.15) is 0 Å². The Morgan fingerprint density at radius 2 is 2.06 bits per heavy atom. The van der Waals surface area contributed by atoms with E-state index >= 15 is 0 Å². The van der Waals surface area contributed by atoms with E-state index in [-0.39, 0.29) is 17.2 Å². The van der Waals surface area contributed by atoms with Crippen molar-refractivity contribution < 1.29 is 19.1 Å². The van der Waals surface area contributed by atoms with Gasteiger partial charge in [0.25, 0.3) is 5.91 Å². The van der Waals surface area contributed by atoms with Gasteiger partial charge in [0.15, 0.2) is 5.76 Å². The lowest BCUT2D eigenvalue weighted by Crippen LogP contribution is -2.12. The van der Waals surface area contributed by atoms with Gasteiger partial charge in [-0.3, -0.25) is 4.79 Å². The second kappa shape index (κ2) is 4.75. The van der Waals surface area contributed by atoms with Crippen molar-refractivity contribution in [1.29, 1.82) is 0 Å². The maximum absolute atomic E-state index is 11.7. The van der Waals surface area contributed by atoms with E-state index < -0.39 is 5.97 Å². The van der Waals surface area contributed by atoms with Gasteiger partial charge < -0.3 is 14.8 Å². The maximum atomic E-state index is 11.7. The van der Waals surface area contributed by atoms with Gasteiger partial charge in [-0.1, -0.05) is 0 Å². The lowest BCUT2D eigenvalue weighted by molar-refractivity contribution is 0.0696. The third-order valence-corrected chi connectivity index (χ3v) is 2.47. The summed E-state index contributed by atoms with van der Waals surface area (Å²) in [6.07, 6.45) is 1.41. The van der Waals surface area contributed by atoms with Gasteiger partial charge in [-0.05, 0) is 42.8 Å². The van der Waals surface area contributed by atoms with E-state index in [4.69, 9.17) is 9.52 Å². The average Bonchev–Trinajstić information content (AvgIpc) is 2.85. The van der Waals surface area contributed by atoms with Crippen LogP contribution in [0.3, 0.4) is 0 Å². The number of furan rings is 1. The number of nitrogens with one attached hydrogen (secondary N) is 1. The number of aromatic carboxylic acids is 1. The van der Waals surface area contributed by atoms with E-state index in [0.29, 0.717) is 11.3 Å². The van der Waals surface area contributed by atoms with Crippen LogP contribution in [0.5, 0.6) is 0 Å². The minimum atomic E-state index is -0.998. The maximum Gasteiger partial charge on any atom is 0.335 e. The molecule has 0 saturated heterocycles. The molecule has 2 aromatic rings. The highest BCUT2D eigenvalue weighted by atomic mass is 16.4.